The van der Waals surface area contributed by atoms with Gasteiger partial charge in [-0.15, -0.1) is 0 Å². The van der Waals surface area contributed by atoms with Crippen molar-refractivity contribution in [2.24, 2.45) is 0 Å². The summed E-state index contributed by atoms with van der Waals surface area (Å²) in [5.74, 6) is 0.421. The number of methoxy groups -OCH3 is 1. The van der Waals surface area contributed by atoms with Gasteiger partial charge in [0, 0.05) is 16.2 Å². The Balaban J connectivity index is 2.25. The van der Waals surface area contributed by atoms with E-state index in [0.29, 0.717) is 27.2 Å². The Morgan fingerprint density at radius 1 is 1.21 bits per heavy atom. The number of hydrogen-bond donors (Lipinski definition) is 1. The Morgan fingerprint density at radius 2 is 1.95 bits per heavy atom. The summed E-state index contributed by atoms with van der Waals surface area (Å²) < 4.78 is 5.12. The van der Waals surface area contributed by atoms with Crippen LogP contribution in [0.1, 0.15) is 10.4 Å². The van der Waals surface area contributed by atoms with Crippen LogP contribution in [0.5, 0.6) is 5.75 Å². The average Bonchev–Trinajstić information content (AvgIpc) is 2.38. The molecular weight excluding hydrogens is 287 g/mol. The lowest BCUT2D eigenvalue weighted by molar-refractivity contribution is 0.102. The first-order valence-corrected chi connectivity index (χ1v) is 6.12. The molecule has 1 N–H and O–H groups in total. The van der Waals surface area contributed by atoms with Crippen molar-refractivity contribution < 1.29 is 9.53 Å². The lowest BCUT2D eigenvalue weighted by Crippen LogP contribution is -2.14. The minimum absolute atomic E-state index is 0.344. The van der Waals surface area contributed by atoms with Gasteiger partial charge in [0.1, 0.15) is 11.6 Å². The van der Waals surface area contributed by atoms with Gasteiger partial charge in [-0.05, 0) is 30.3 Å². The van der Waals surface area contributed by atoms with E-state index in [-0.39, 0.29) is 5.91 Å². The SMILES string of the molecule is COc1cc(Cl)ccc1C(=O)Nc1cc(Cl)ccn1. The molecule has 2 aromatic rings. The average molecular weight is 297 g/mol. The highest BCUT2D eigenvalue weighted by Gasteiger charge is 2.13. The normalized spacial score (nSPS) is 10.1. The summed E-state index contributed by atoms with van der Waals surface area (Å²) in [6.07, 6.45) is 1.51. The minimum atomic E-state index is -0.344. The van der Waals surface area contributed by atoms with Crippen molar-refractivity contribution in [3.05, 3.63) is 52.1 Å². The van der Waals surface area contributed by atoms with Crippen LogP contribution in [0.4, 0.5) is 5.82 Å². The number of aromatic nitrogens is 1. The molecule has 0 aliphatic rings. The zero-order valence-corrected chi connectivity index (χ0v) is 11.5. The van der Waals surface area contributed by atoms with Gasteiger partial charge in [0.05, 0.1) is 12.7 Å². The Bertz CT molecular complexity index is 617. The van der Waals surface area contributed by atoms with Gasteiger partial charge in [0.15, 0.2) is 0 Å². The molecule has 0 fully saturated rings. The number of ether oxygens (including phenoxy) is 1. The highest BCUT2D eigenvalue weighted by molar-refractivity contribution is 6.31. The first-order valence-electron chi connectivity index (χ1n) is 5.36. The molecule has 1 amide bonds. The Hall–Kier alpha value is -1.78. The van der Waals surface area contributed by atoms with E-state index in [1.165, 1.54) is 13.3 Å². The standard InChI is InChI=1S/C13H10Cl2N2O2/c1-19-11-6-8(14)2-3-10(11)13(18)17-12-7-9(15)4-5-16-12/h2-7H,1H3,(H,16,17,18). The molecule has 0 bridgehead atoms. The van der Waals surface area contributed by atoms with Gasteiger partial charge in [-0.3, -0.25) is 4.79 Å². The predicted molar refractivity (Wildman–Crippen MR) is 75.2 cm³/mol. The van der Waals surface area contributed by atoms with Crippen molar-refractivity contribution in [2.75, 3.05) is 12.4 Å². The molecular formula is C13H10Cl2N2O2. The zero-order chi connectivity index (χ0) is 13.8. The molecule has 0 saturated heterocycles. The minimum Gasteiger partial charge on any atom is -0.496 e. The van der Waals surface area contributed by atoms with Crippen LogP contribution in [0.25, 0.3) is 0 Å². The van der Waals surface area contributed by atoms with E-state index in [9.17, 15) is 4.79 Å². The van der Waals surface area contributed by atoms with Crippen LogP contribution in [-0.4, -0.2) is 18.0 Å². The number of halogens is 2. The summed E-state index contributed by atoms with van der Waals surface area (Å²) in [5.41, 5.74) is 0.369. The molecule has 19 heavy (non-hydrogen) atoms. The largest absolute Gasteiger partial charge is 0.496 e. The van der Waals surface area contributed by atoms with Crippen molar-refractivity contribution in [1.82, 2.24) is 4.98 Å². The number of hydrogen-bond acceptors (Lipinski definition) is 3. The third-order valence-corrected chi connectivity index (χ3v) is 2.84. The van der Waals surface area contributed by atoms with E-state index in [4.69, 9.17) is 27.9 Å². The smallest absolute Gasteiger partial charge is 0.260 e. The molecule has 1 aromatic heterocycles. The number of carbonyl (C=O) groups is 1. The summed E-state index contributed by atoms with van der Waals surface area (Å²) >= 11 is 11.7. The van der Waals surface area contributed by atoms with Crippen LogP contribution in [0.3, 0.4) is 0 Å². The quantitative estimate of drug-likeness (QED) is 0.940. The molecule has 0 aliphatic carbocycles. The van der Waals surface area contributed by atoms with Crippen molar-refractivity contribution >= 4 is 34.9 Å². The Kier molecular flexibility index (Phi) is 4.24. The summed E-state index contributed by atoms with van der Waals surface area (Å²) in [6.45, 7) is 0. The summed E-state index contributed by atoms with van der Waals surface area (Å²) in [7, 11) is 1.47. The molecule has 98 valence electrons. The molecule has 6 heteroatoms. The molecule has 0 radical (unpaired) electrons. The second-order valence-electron chi connectivity index (χ2n) is 3.66. The number of rotatable bonds is 3. The van der Waals surface area contributed by atoms with Crippen LogP contribution in [-0.2, 0) is 0 Å². The maximum absolute atomic E-state index is 12.1. The third kappa shape index (κ3) is 3.36. The van der Waals surface area contributed by atoms with E-state index >= 15 is 0 Å². The fourth-order valence-electron chi connectivity index (χ4n) is 1.51. The molecule has 0 aliphatic heterocycles. The Morgan fingerprint density at radius 3 is 2.63 bits per heavy atom. The number of amides is 1. The number of nitrogens with zero attached hydrogens (tertiary/aromatic N) is 1. The number of carbonyl (C=O) groups excluding carboxylic acids is 1. The number of nitrogens with one attached hydrogen (secondary N) is 1. The maximum atomic E-state index is 12.1. The van der Waals surface area contributed by atoms with E-state index < -0.39 is 0 Å². The van der Waals surface area contributed by atoms with Crippen LogP contribution in [0, 0.1) is 0 Å². The van der Waals surface area contributed by atoms with Crippen molar-refractivity contribution in [2.45, 2.75) is 0 Å². The first-order chi connectivity index (χ1) is 9.10. The van der Waals surface area contributed by atoms with Crippen LogP contribution in [0.15, 0.2) is 36.5 Å². The zero-order valence-electron chi connectivity index (χ0n) is 9.98. The number of pyridine rings is 1. The summed E-state index contributed by atoms with van der Waals surface area (Å²) in [6, 6.07) is 7.95. The predicted octanol–water partition coefficient (Wildman–Crippen LogP) is 3.65. The first kappa shape index (κ1) is 13.6. The van der Waals surface area contributed by atoms with Crippen molar-refractivity contribution in [1.29, 1.82) is 0 Å². The fourth-order valence-corrected chi connectivity index (χ4v) is 1.83. The lowest BCUT2D eigenvalue weighted by atomic mass is 10.2. The topological polar surface area (TPSA) is 51.2 Å². The summed E-state index contributed by atoms with van der Waals surface area (Å²) in [5, 5.41) is 3.62. The summed E-state index contributed by atoms with van der Waals surface area (Å²) in [4.78, 5) is 16.1. The van der Waals surface area contributed by atoms with E-state index in [1.807, 2.05) is 0 Å². The van der Waals surface area contributed by atoms with E-state index in [0.717, 1.165) is 0 Å². The highest BCUT2D eigenvalue weighted by atomic mass is 35.5. The monoisotopic (exact) mass is 296 g/mol. The highest BCUT2D eigenvalue weighted by Crippen LogP contribution is 2.24. The van der Waals surface area contributed by atoms with Crippen LogP contribution >= 0.6 is 23.2 Å². The van der Waals surface area contributed by atoms with Gasteiger partial charge in [-0.2, -0.15) is 0 Å². The van der Waals surface area contributed by atoms with Crippen molar-refractivity contribution in [3.8, 4) is 5.75 Å². The maximum Gasteiger partial charge on any atom is 0.260 e. The molecule has 0 unspecified atom stereocenters. The van der Waals surface area contributed by atoms with Gasteiger partial charge in [0.2, 0.25) is 0 Å². The molecule has 0 atom stereocenters. The molecule has 0 spiro atoms. The molecule has 1 heterocycles. The number of benzene rings is 1. The Labute approximate surface area is 120 Å². The van der Waals surface area contributed by atoms with Gasteiger partial charge >= 0.3 is 0 Å². The molecule has 4 nitrogen and oxygen atoms in total. The van der Waals surface area contributed by atoms with Gasteiger partial charge in [0.25, 0.3) is 5.91 Å². The van der Waals surface area contributed by atoms with Gasteiger partial charge in [-0.1, -0.05) is 23.2 Å². The third-order valence-electron chi connectivity index (χ3n) is 2.37. The number of anilines is 1. The fraction of sp³-hybridized carbons (Fsp3) is 0.0769. The van der Waals surface area contributed by atoms with Crippen molar-refractivity contribution in [3.63, 3.8) is 0 Å². The molecule has 1 aromatic carbocycles. The van der Waals surface area contributed by atoms with E-state index in [1.54, 1.807) is 30.3 Å². The second-order valence-corrected chi connectivity index (χ2v) is 4.53. The van der Waals surface area contributed by atoms with Gasteiger partial charge < -0.3 is 10.1 Å². The van der Waals surface area contributed by atoms with E-state index in [2.05, 4.69) is 10.3 Å². The van der Waals surface area contributed by atoms with Crippen LogP contribution < -0.4 is 10.1 Å². The van der Waals surface area contributed by atoms with Crippen LogP contribution in [0.2, 0.25) is 10.0 Å². The molecule has 0 saturated carbocycles. The van der Waals surface area contributed by atoms with Gasteiger partial charge in [-0.25, -0.2) is 4.98 Å². The lowest BCUT2D eigenvalue weighted by Gasteiger charge is -2.09. The molecule has 2 rings (SSSR count). The second kappa shape index (κ2) is 5.91.